The molecular formula is C55H74N16O5. The van der Waals surface area contributed by atoms with Gasteiger partial charge in [0.05, 0.1) is 112 Å². The molecule has 0 aliphatic carbocycles. The van der Waals surface area contributed by atoms with E-state index < -0.39 is 0 Å². The van der Waals surface area contributed by atoms with Gasteiger partial charge in [-0.25, -0.2) is 4.68 Å². The highest BCUT2D eigenvalue weighted by atomic mass is 16.5. The van der Waals surface area contributed by atoms with Crippen molar-refractivity contribution in [3.63, 3.8) is 0 Å². The summed E-state index contributed by atoms with van der Waals surface area (Å²) in [7, 11) is 3.98. The molecule has 76 heavy (non-hydrogen) atoms. The fraction of sp³-hybridized carbons (Fsp3) is 0.491. The van der Waals surface area contributed by atoms with Crippen molar-refractivity contribution in [3.05, 3.63) is 75.0 Å². The monoisotopic (exact) mass is 1040 g/mol. The summed E-state index contributed by atoms with van der Waals surface area (Å²) >= 11 is 0. The first-order chi connectivity index (χ1) is 36.6. The molecule has 11 heterocycles. The molecule has 3 aliphatic rings. The van der Waals surface area contributed by atoms with Crippen molar-refractivity contribution in [1.29, 1.82) is 0 Å². The number of aromatic nitrogens is 14. The Morgan fingerprint density at radius 3 is 2.25 bits per heavy atom. The molecule has 8 aromatic rings. The predicted molar refractivity (Wildman–Crippen MR) is 295 cm³/mol. The predicted octanol–water partition coefficient (Wildman–Crippen LogP) is 8.16. The van der Waals surface area contributed by atoms with Crippen LogP contribution in [0.15, 0.2) is 18.3 Å². The highest BCUT2D eigenvalue weighted by Crippen LogP contribution is 2.39. The molecule has 21 nitrogen and oxygen atoms in total. The molecule has 5 unspecified atom stereocenters. The zero-order valence-electron chi connectivity index (χ0n) is 46.2. The Morgan fingerprint density at radius 2 is 1.50 bits per heavy atom. The number of likely N-dealkylation sites (N-methyl/N-ethyl adjacent to an activating group) is 1. The molecular weight excluding hydrogens is 965 g/mol. The Balaban J connectivity index is 0.000000181. The lowest BCUT2D eigenvalue weighted by molar-refractivity contribution is 0.0914. The van der Waals surface area contributed by atoms with Crippen LogP contribution in [-0.4, -0.2) is 148 Å². The third kappa shape index (κ3) is 10.3. The van der Waals surface area contributed by atoms with Gasteiger partial charge in [-0.2, -0.15) is 20.4 Å². The van der Waals surface area contributed by atoms with Gasteiger partial charge in [-0.15, -0.1) is 10.2 Å². The minimum Gasteiger partial charge on any atom is -0.476 e. The van der Waals surface area contributed by atoms with Crippen molar-refractivity contribution in [1.82, 2.24) is 79.7 Å². The van der Waals surface area contributed by atoms with Crippen LogP contribution < -0.4 is 14.2 Å². The molecule has 0 amide bonds. The van der Waals surface area contributed by atoms with Gasteiger partial charge in [0, 0.05) is 54.8 Å². The molecule has 5 N–H and O–H groups in total. The van der Waals surface area contributed by atoms with Crippen molar-refractivity contribution in [2.24, 2.45) is 7.05 Å². The Hall–Kier alpha value is -7.20. The summed E-state index contributed by atoms with van der Waals surface area (Å²) in [6.07, 6.45) is 11.9. The van der Waals surface area contributed by atoms with Gasteiger partial charge in [-0.3, -0.25) is 44.4 Å². The third-order valence-electron chi connectivity index (χ3n) is 14.4. The van der Waals surface area contributed by atoms with Crippen molar-refractivity contribution < 1.29 is 24.4 Å². The lowest BCUT2D eigenvalue weighted by atomic mass is 10.1. The van der Waals surface area contributed by atoms with E-state index in [-0.39, 0.29) is 43.5 Å². The minimum atomic E-state index is -0.196. The molecule has 1 fully saturated rings. The quantitative estimate of drug-likeness (QED) is 0.106. The Kier molecular flexibility index (Phi) is 15.9. The average Bonchev–Trinajstić information content (AvgIpc) is 4.31. The molecule has 0 aromatic carbocycles. The van der Waals surface area contributed by atoms with Gasteiger partial charge in [0.15, 0.2) is 0 Å². The van der Waals surface area contributed by atoms with Crippen LogP contribution >= 0.6 is 0 Å². The first-order valence-electron chi connectivity index (χ1n) is 26.6. The van der Waals surface area contributed by atoms with E-state index in [4.69, 9.17) is 34.4 Å². The molecule has 21 heteroatoms. The Bertz CT molecular complexity index is 3390. The van der Waals surface area contributed by atoms with Gasteiger partial charge in [-0.05, 0) is 125 Å². The molecule has 5 atom stereocenters. The summed E-state index contributed by atoms with van der Waals surface area (Å²) in [5.41, 5.74) is 14.2. The summed E-state index contributed by atoms with van der Waals surface area (Å²) in [5, 5.41) is 59.0. The maximum atomic E-state index is 10.1. The molecule has 11 rings (SSSR count). The van der Waals surface area contributed by atoms with Crippen LogP contribution in [0.5, 0.6) is 17.6 Å². The molecule has 1 saturated heterocycles. The highest BCUT2D eigenvalue weighted by molar-refractivity contribution is 5.94. The van der Waals surface area contributed by atoms with E-state index in [9.17, 15) is 10.2 Å². The van der Waals surface area contributed by atoms with Crippen LogP contribution in [0, 0.1) is 27.7 Å². The van der Waals surface area contributed by atoms with E-state index in [1.807, 2.05) is 127 Å². The van der Waals surface area contributed by atoms with Crippen molar-refractivity contribution in [2.45, 2.75) is 132 Å². The van der Waals surface area contributed by atoms with E-state index in [1.165, 1.54) is 0 Å². The molecule has 0 radical (unpaired) electrons. The summed E-state index contributed by atoms with van der Waals surface area (Å²) in [6.45, 7) is 25.4. The summed E-state index contributed by atoms with van der Waals surface area (Å²) in [6, 6.07) is 3.96. The lowest BCUT2D eigenvalue weighted by Gasteiger charge is -2.30. The first-order valence-corrected chi connectivity index (χ1v) is 26.6. The molecule has 0 saturated carbocycles. The normalized spacial score (nSPS) is 19.4. The maximum absolute atomic E-state index is 10.1. The van der Waals surface area contributed by atoms with E-state index >= 15 is 0 Å². The number of fused-ring (bicyclic) bond motifs is 9. The van der Waals surface area contributed by atoms with E-state index in [1.54, 1.807) is 0 Å². The van der Waals surface area contributed by atoms with Crippen molar-refractivity contribution >= 4 is 46.1 Å². The number of H-pyrrole nitrogens is 3. The number of hydrogen-bond acceptors (Lipinski definition) is 15. The maximum Gasteiger partial charge on any atom is 0.242 e. The lowest BCUT2D eigenvalue weighted by Crippen LogP contribution is -2.41. The zero-order valence-corrected chi connectivity index (χ0v) is 46.2. The molecule has 4 bridgehead atoms. The molecule has 0 spiro atoms. The molecule has 404 valence electrons. The standard InChI is InChI=1S/C28H36N8O3.C25H32N8O2.C2H6/c1-6-38-27-19-9-10-21-20-12-22(29-13-23(20)31-30-21)26-17(3)32-34(5)28(26)39-18(4)24-8-7-11-35(24)14-25(19)36(33-27)16(2)15-37;1-13(12-34)33-22-11-32(6)10-14(2)35-25-23(16(4)27-30-25)21-9-19-20(8-7-18(22)15(3)31-33)28-29-24(19)17(5)26-21;1-2/h9-10,12-13,16,18,24,37H,6-8,11,14-15H2,1-5H3,(H,30,31);7-9,13-14,34H,10-12H2,1-6H3,(H,27,30)(H,28,29);1-2H3/b10-9+;8-7+;. The van der Waals surface area contributed by atoms with Gasteiger partial charge in [0.1, 0.15) is 17.7 Å². The van der Waals surface area contributed by atoms with Crippen LogP contribution in [-0.2, 0) is 20.1 Å². The number of rotatable bonds is 6. The Morgan fingerprint density at radius 1 is 0.776 bits per heavy atom. The summed E-state index contributed by atoms with van der Waals surface area (Å²) in [4.78, 5) is 14.2. The summed E-state index contributed by atoms with van der Waals surface area (Å²) < 4.78 is 24.7. The number of nitrogens with one attached hydrogen (secondary N) is 3. The number of aliphatic hydroxyl groups excluding tert-OH is 2. The average molecular weight is 1040 g/mol. The fourth-order valence-electron chi connectivity index (χ4n) is 10.7. The molecule has 3 aliphatic heterocycles. The number of nitrogens with zero attached hydrogens (tertiary/aromatic N) is 13. The smallest absolute Gasteiger partial charge is 0.242 e. The summed E-state index contributed by atoms with van der Waals surface area (Å²) in [5.74, 6) is 1.82. The van der Waals surface area contributed by atoms with E-state index in [2.05, 4.69) is 65.5 Å². The fourth-order valence-corrected chi connectivity index (χ4v) is 10.7. The largest absolute Gasteiger partial charge is 0.476 e. The third-order valence-corrected chi connectivity index (χ3v) is 14.4. The van der Waals surface area contributed by atoms with Crippen LogP contribution in [0.4, 0.5) is 0 Å². The minimum absolute atomic E-state index is 0.0159. The number of aryl methyl sites for hydroxylation is 5. The van der Waals surface area contributed by atoms with E-state index in [0.29, 0.717) is 43.9 Å². The van der Waals surface area contributed by atoms with Gasteiger partial charge in [0.25, 0.3) is 0 Å². The van der Waals surface area contributed by atoms with Crippen LogP contribution in [0.1, 0.15) is 130 Å². The van der Waals surface area contributed by atoms with Crippen LogP contribution in [0.2, 0.25) is 0 Å². The Labute approximate surface area is 443 Å². The van der Waals surface area contributed by atoms with Gasteiger partial charge >= 0.3 is 0 Å². The highest BCUT2D eigenvalue weighted by Gasteiger charge is 2.35. The SMILES string of the molecule is CC.CCOc1nn(C(C)CO)c2c1/C=C/c1n[nH]c3cnc(cc13)-c1c(C)nn(C)c1OC(C)C1CCCN1C2.Cc1nn(C(C)CO)c2c1/C=C/c1[nH]nc3c(C)nc(cc13)-c1c(n[nH]c1C)OC(C)CN(C)C2. The number of pyridine rings is 2. The zero-order chi connectivity index (χ0) is 54.1. The van der Waals surface area contributed by atoms with Crippen molar-refractivity contribution in [2.75, 3.05) is 40.0 Å². The number of aromatic amines is 3. The second-order valence-electron chi connectivity index (χ2n) is 20.1. The number of aliphatic hydroxyl groups is 2. The topological polar surface area (TPSA) is 240 Å². The van der Waals surface area contributed by atoms with Crippen LogP contribution in [0.25, 0.3) is 68.6 Å². The van der Waals surface area contributed by atoms with Crippen LogP contribution in [0.3, 0.4) is 0 Å². The van der Waals surface area contributed by atoms with Gasteiger partial charge in [0.2, 0.25) is 17.6 Å². The number of hydrogen-bond donors (Lipinski definition) is 5. The first kappa shape index (κ1) is 53.6. The molecule has 8 aromatic heterocycles. The number of ether oxygens (including phenoxy) is 3. The van der Waals surface area contributed by atoms with Gasteiger partial charge in [-0.1, -0.05) is 13.8 Å². The van der Waals surface area contributed by atoms with Crippen molar-refractivity contribution in [3.8, 4) is 40.2 Å². The second kappa shape index (κ2) is 22.6. The van der Waals surface area contributed by atoms with Gasteiger partial charge < -0.3 is 24.4 Å². The second-order valence-corrected chi connectivity index (χ2v) is 20.1. The van der Waals surface area contributed by atoms with E-state index in [0.717, 1.165) is 120 Å².